The van der Waals surface area contributed by atoms with Crippen LogP contribution in [-0.2, 0) is 14.8 Å². The van der Waals surface area contributed by atoms with Crippen LogP contribution in [0.15, 0.2) is 23.1 Å². The number of rotatable bonds is 6. The highest BCUT2D eigenvalue weighted by molar-refractivity contribution is 7.89. The van der Waals surface area contributed by atoms with E-state index in [1.165, 1.54) is 17.1 Å². The van der Waals surface area contributed by atoms with Crippen LogP contribution in [0.2, 0.25) is 0 Å². The minimum absolute atomic E-state index is 0.0368. The number of hydrogen-bond acceptors (Lipinski definition) is 4. The van der Waals surface area contributed by atoms with Crippen LogP contribution in [-0.4, -0.2) is 45.6 Å². The molecule has 1 saturated heterocycles. The summed E-state index contributed by atoms with van der Waals surface area (Å²) in [6.07, 6.45) is 3.32. The van der Waals surface area contributed by atoms with Gasteiger partial charge in [0.2, 0.25) is 10.0 Å². The van der Waals surface area contributed by atoms with Gasteiger partial charge in [-0.15, -0.1) is 0 Å². The van der Waals surface area contributed by atoms with Crippen LogP contribution in [0.3, 0.4) is 0 Å². The van der Waals surface area contributed by atoms with Crippen LogP contribution >= 0.6 is 0 Å². The van der Waals surface area contributed by atoms with Crippen LogP contribution < -0.4 is 4.74 Å². The topological polar surface area (TPSA) is 55.8 Å². The monoisotopic (exact) mass is 325 g/mol. The molecule has 0 bridgehead atoms. The summed E-state index contributed by atoms with van der Waals surface area (Å²) >= 11 is 0. The van der Waals surface area contributed by atoms with Gasteiger partial charge in [0.1, 0.15) is 5.75 Å². The van der Waals surface area contributed by atoms with Crippen molar-refractivity contribution in [2.24, 2.45) is 5.92 Å². The van der Waals surface area contributed by atoms with E-state index in [0.29, 0.717) is 29.7 Å². The summed E-state index contributed by atoms with van der Waals surface area (Å²) in [5.74, 6) is 1.40. The van der Waals surface area contributed by atoms with Crippen molar-refractivity contribution in [1.82, 2.24) is 4.31 Å². The number of hydrogen-bond donors (Lipinski definition) is 0. The molecule has 1 saturated carbocycles. The van der Waals surface area contributed by atoms with E-state index in [0.717, 1.165) is 18.6 Å². The number of nitrogens with zero attached hydrogens (tertiary/aromatic N) is 1. The van der Waals surface area contributed by atoms with Gasteiger partial charge in [0, 0.05) is 19.7 Å². The summed E-state index contributed by atoms with van der Waals surface area (Å²) in [5.41, 5.74) is 0.823. The zero-order valence-electron chi connectivity index (χ0n) is 13.1. The fourth-order valence-electron chi connectivity index (χ4n) is 2.77. The third kappa shape index (κ3) is 3.29. The summed E-state index contributed by atoms with van der Waals surface area (Å²) in [7, 11) is -1.86. The largest absolute Gasteiger partial charge is 0.496 e. The first kappa shape index (κ1) is 15.8. The highest BCUT2D eigenvalue weighted by Crippen LogP contribution is 2.31. The molecule has 0 unspecified atom stereocenters. The lowest BCUT2D eigenvalue weighted by molar-refractivity contribution is 0.0561. The molecule has 1 heterocycles. The standard InChI is InChI=1S/C16H23NO4S/c1-12-9-15(5-6-16(12)20-2)22(18,19)17-8-7-14(10-17)21-11-13-3-4-13/h5-6,9,13-14H,3-4,7-8,10-11H2,1-2H3/t14-/m1/s1. The van der Waals surface area contributed by atoms with Gasteiger partial charge in [-0.1, -0.05) is 0 Å². The van der Waals surface area contributed by atoms with Gasteiger partial charge in [0.25, 0.3) is 0 Å². The Kier molecular flexibility index (Phi) is 4.43. The fourth-order valence-corrected chi connectivity index (χ4v) is 4.34. The van der Waals surface area contributed by atoms with Crippen molar-refractivity contribution in [3.63, 3.8) is 0 Å². The van der Waals surface area contributed by atoms with Crippen LogP contribution in [0.5, 0.6) is 5.75 Å². The first-order chi connectivity index (χ1) is 10.5. The Bertz CT molecular complexity index is 640. The molecular formula is C16H23NO4S. The fraction of sp³-hybridized carbons (Fsp3) is 0.625. The van der Waals surface area contributed by atoms with Crippen LogP contribution in [0.4, 0.5) is 0 Å². The third-order valence-electron chi connectivity index (χ3n) is 4.38. The van der Waals surface area contributed by atoms with E-state index in [2.05, 4.69) is 0 Å². The lowest BCUT2D eigenvalue weighted by atomic mass is 10.2. The molecule has 1 aromatic rings. The Hall–Kier alpha value is -1.11. The molecule has 0 aromatic heterocycles. The molecule has 22 heavy (non-hydrogen) atoms. The van der Waals surface area contributed by atoms with Crippen molar-refractivity contribution in [3.8, 4) is 5.75 Å². The van der Waals surface area contributed by atoms with E-state index in [-0.39, 0.29) is 6.10 Å². The minimum Gasteiger partial charge on any atom is -0.496 e. The third-order valence-corrected chi connectivity index (χ3v) is 6.24. The summed E-state index contributed by atoms with van der Waals surface area (Å²) in [6.45, 7) is 3.62. The number of methoxy groups -OCH3 is 1. The molecule has 122 valence electrons. The predicted octanol–water partition coefficient (Wildman–Crippen LogP) is 2.19. The maximum Gasteiger partial charge on any atom is 0.243 e. The molecule has 1 aliphatic carbocycles. The Labute approximate surface area is 132 Å². The highest BCUT2D eigenvalue weighted by atomic mass is 32.2. The molecule has 0 amide bonds. The molecule has 5 nitrogen and oxygen atoms in total. The van der Waals surface area contributed by atoms with E-state index < -0.39 is 10.0 Å². The molecule has 2 aliphatic rings. The van der Waals surface area contributed by atoms with Gasteiger partial charge in [-0.05, 0) is 55.9 Å². The summed E-state index contributed by atoms with van der Waals surface area (Å²) in [4.78, 5) is 0.327. The van der Waals surface area contributed by atoms with Crippen molar-refractivity contribution in [2.75, 3.05) is 26.8 Å². The van der Waals surface area contributed by atoms with Crippen molar-refractivity contribution < 1.29 is 17.9 Å². The quantitative estimate of drug-likeness (QED) is 0.804. The van der Waals surface area contributed by atoms with Gasteiger partial charge in [-0.2, -0.15) is 4.31 Å². The Balaban J connectivity index is 1.68. The van der Waals surface area contributed by atoms with E-state index in [4.69, 9.17) is 9.47 Å². The molecule has 2 fully saturated rings. The molecule has 0 spiro atoms. The molecule has 1 aliphatic heterocycles. The predicted molar refractivity (Wildman–Crippen MR) is 83.6 cm³/mol. The van der Waals surface area contributed by atoms with E-state index in [1.54, 1.807) is 25.3 Å². The second-order valence-corrected chi connectivity index (χ2v) is 8.12. The number of sulfonamides is 1. The van der Waals surface area contributed by atoms with Crippen LogP contribution in [0.25, 0.3) is 0 Å². The Morgan fingerprint density at radius 3 is 2.68 bits per heavy atom. The number of ether oxygens (including phenoxy) is 2. The SMILES string of the molecule is COc1ccc(S(=O)(=O)N2CC[C@@H](OCC3CC3)C2)cc1C. The number of aryl methyl sites for hydroxylation is 1. The van der Waals surface area contributed by atoms with Gasteiger partial charge in [-0.25, -0.2) is 8.42 Å². The second kappa shape index (κ2) is 6.18. The van der Waals surface area contributed by atoms with Crippen molar-refractivity contribution in [1.29, 1.82) is 0 Å². The molecule has 3 rings (SSSR count). The second-order valence-electron chi connectivity index (χ2n) is 6.18. The first-order valence-corrected chi connectivity index (χ1v) is 9.21. The number of benzene rings is 1. The van der Waals surface area contributed by atoms with Crippen molar-refractivity contribution >= 4 is 10.0 Å². The smallest absolute Gasteiger partial charge is 0.243 e. The van der Waals surface area contributed by atoms with Gasteiger partial charge >= 0.3 is 0 Å². The molecule has 0 radical (unpaired) electrons. The zero-order chi connectivity index (χ0) is 15.7. The lowest BCUT2D eigenvalue weighted by Crippen LogP contribution is -2.30. The minimum atomic E-state index is -3.44. The van der Waals surface area contributed by atoms with Crippen LogP contribution in [0, 0.1) is 12.8 Å². The molecule has 6 heteroatoms. The van der Waals surface area contributed by atoms with Crippen molar-refractivity contribution in [2.45, 2.75) is 37.2 Å². The first-order valence-electron chi connectivity index (χ1n) is 7.77. The maximum absolute atomic E-state index is 12.7. The normalized spacial score (nSPS) is 22.9. The van der Waals surface area contributed by atoms with Gasteiger partial charge in [0.05, 0.1) is 18.1 Å². The van der Waals surface area contributed by atoms with Crippen molar-refractivity contribution in [3.05, 3.63) is 23.8 Å². The van der Waals surface area contributed by atoms with E-state index in [9.17, 15) is 8.42 Å². The molecule has 1 atom stereocenters. The van der Waals surface area contributed by atoms with Gasteiger partial charge in [-0.3, -0.25) is 0 Å². The summed E-state index contributed by atoms with van der Waals surface area (Å²) in [6, 6.07) is 4.99. The molecule has 0 N–H and O–H groups in total. The Morgan fingerprint density at radius 1 is 1.27 bits per heavy atom. The summed E-state index contributed by atoms with van der Waals surface area (Å²) < 4.78 is 38.0. The average molecular weight is 325 g/mol. The van der Waals surface area contributed by atoms with Crippen LogP contribution in [0.1, 0.15) is 24.8 Å². The Morgan fingerprint density at radius 2 is 2.05 bits per heavy atom. The maximum atomic E-state index is 12.7. The highest BCUT2D eigenvalue weighted by Gasteiger charge is 2.34. The van der Waals surface area contributed by atoms with Gasteiger partial charge < -0.3 is 9.47 Å². The molecule has 1 aromatic carbocycles. The average Bonchev–Trinajstić information content (AvgIpc) is 3.20. The summed E-state index contributed by atoms with van der Waals surface area (Å²) in [5, 5.41) is 0. The lowest BCUT2D eigenvalue weighted by Gasteiger charge is -2.17. The van der Waals surface area contributed by atoms with E-state index >= 15 is 0 Å². The zero-order valence-corrected chi connectivity index (χ0v) is 13.9. The van der Waals surface area contributed by atoms with E-state index in [1.807, 2.05) is 6.92 Å². The molecular weight excluding hydrogens is 302 g/mol. The van der Waals surface area contributed by atoms with Gasteiger partial charge in [0.15, 0.2) is 0 Å².